The first kappa shape index (κ1) is 9.66. The Hall–Kier alpha value is -0.890. The van der Waals surface area contributed by atoms with Crippen molar-refractivity contribution in [1.82, 2.24) is 15.0 Å². The Labute approximate surface area is 95.0 Å². The minimum atomic E-state index is -0.282. The van der Waals surface area contributed by atoms with E-state index in [2.05, 4.69) is 19.5 Å². The Morgan fingerprint density at radius 3 is 2.57 bits per heavy atom. The summed E-state index contributed by atoms with van der Waals surface area (Å²) in [5.74, 6) is 0.540. The summed E-state index contributed by atoms with van der Waals surface area (Å²) in [6, 6.07) is 0. The van der Waals surface area contributed by atoms with Gasteiger partial charge in [-0.05, 0) is 0 Å². The lowest BCUT2D eigenvalue weighted by molar-refractivity contribution is 1.11. The normalized spacial score (nSPS) is 10.3. The van der Waals surface area contributed by atoms with Crippen LogP contribution in [-0.4, -0.2) is 19.5 Å². The van der Waals surface area contributed by atoms with E-state index in [9.17, 15) is 0 Å². The van der Waals surface area contributed by atoms with Gasteiger partial charge in [0.1, 0.15) is 10.8 Å². The summed E-state index contributed by atoms with van der Waals surface area (Å²) in [7, 11) is 0. The van der Waals surface area contributed by atoms with Gasteiger partial charge in [0.2, 0.25) is 0 Å². The summed E-state index contributed by atoms with van der Waals surface area (Å²) < 4.78 is 4.66. The number of thiazole rings is 1. The third-order valence-corrected chi connectivity index (χ3v) is 3.66. The van der Waals surface area contributed by atoms with E-state index in [4.69, 9.17) is 5.73 Å². The summed E-state index contributed by atoms with van der Waals surface area (Å²) in [6.07, 6.45) is 3.54. The van der Waals surface area contributed by atoms with Crippen LogP contribution in [0.25, 0.3) is 10.6 Å². The maximum absolute atomic E-state index is 5.53. The van der Waals surface area contributed by atoms with Crippen LogP contribution in [0.4, 0.5) is 5.82 Å². The molecule has 0 radical (unpaired) electrons. The first-order chi connectivity index (χ1) is 6.79. The van der Waals surface area contributed by atoms with Gasteiger partial charge in [-0.3, -0.25) is 0 Å². The fourth-order valence-corrected chi connectivity index (χ4v) is 2.27. The van der Waals surface area contributed by atoms with Gasteiger partial charge in [0, 0.05) is 23.3 Å². The Balaban J connectivity index is 2.38. The highest BCUT2D eigenvalue weighted by atomic mass is 127. The van der Waals surface area contributed by atoms with Crippen LogP contribution in [0, 0.1) is 3.83 Å². The van der Waals surface area contributed by atoms with Crippen molar-refractivity contribution in [3.8, 4) is 10.6 Å². The standard InChI is InChI=1S/C8H7IN4S/c1-9-8-11-2-5(3-12-8)7-13-6(10)4-14-7/h2-4H,1,10H2. The van der Waals surface area contributed by atoms with Gasteiger partial charge in [-0.1, -0.05) is 25.2 Å². The largest absolute Gasteiger partial charge is 0.383 e. The molecule has 0 atom stereocenters. The second kappa shape index (κ2) is 4.09. The minimum absolute atomic E-state index is 0.282. The highest BCUT2D eigenvalue weighted by molar-refractivity contribution is 14.2. The van der Waals surface area contributed by atoms with Crippen LogP contribution < -0.4 is 5.73 Å². The number of nitrogens with zero attached hydrogens (tertiary/aromatic N) is 3. The van der Waals surface area contributed by atoms with Crippen LogP contribution in [0.15, 0.2) is 17.8 Å². The van der Waals surface area contributed by atoms with Crippen molar-refractivity contribution in [3.05, 3.63) is 21.6 Å². The van der Waals surface area contributed by atoms with Crippen molar-refractivity contribution in [2.24, 2.45) is 0 Å². The molecule has 0 amide bonds. The molecule has 2 aromatic heterocycles. The summed E-state index contributed by atoms with van der Waals surface area (Å²) in [6.45, 7) is 0. The van der Waals surface area contributed by atoms with E-state index in [1.54, 1.807) is 17.8 Å². The van der Waals surface area contributed by atoms with Crippen LogP contribution in [-0.2, 0) is 0 Å². The number of halogens is 1. The average molecular weight is 318 g/mol. The average Bonchev–Trinajstić information content (AvgIpc) is 2.65. The molecule has 2 aromatic rings. The topological polar surface area (TPSA) is 64.7 Å². The van der Waals surface area contributed by atoms with Gasteiger partial charge in [-0.15, -0.1) is 11.3 Å². The predicted molar refractivity (Wildman–Crippen MR) is 67.4 cm³/mol. The Bertz CT molecular complexity index is 451. The molecule has 0 saturated heterocycles. The highest BCUT2D eigenvalue weighted by Gasteiger charge is 2.03. The van der Waals surface area contributed by atoms with Crippen molar-refractivity contribution < 1.29 is 0 Å². The molecule has 0 aliphatic carbocycles. The molecule has 2 N–H and O–H groups in total. The lowest BCUT2D eigenvalue weighted by atomic mass is 10.4. The number of nitrogens with two attached hydrogens (primary N) is 1. The zero-order chi connectivity index (χ0) is 9.97. The van der Waals surface area contributed by atoms with Gasteiger partial charge in [0.15, 0.2) is 3.83 Å². The molecule has 0 saturated carbocycles. The molecule has 2 rings (SSSR count). The number of nitrogen functional groups attached to an aromatic ring is 1. The van der Waals surface area contributed by atoms with Crippen molar-refractivity contribution in [2.45, 2.75) is 0 Å². The van der Waals surface area contributed by atoms with Crippen LogP contribution in [0.5, 0.6) is 0 Å². The third kappa shape index (κ3) is 1.95. The molecule has 6 heteroatoms. The Morgan fingerprint density at radius 2 is 2.07 bits per heavy atom. The molecule has 0 fully saturated rings. The van der Waals surface area contributed by atoms with E-state index in [0.29, 0.717) is 5.82 Å². The molecule has 0 aromatic carbocycles. The van der Waals surface area contributed by atoms with Crippen molar-refractivity contribution in [3.63, 3.8) is 0 Å². The third-order valence-electron chi connectivity index (χ3n) is 1.51. The molecular weight excluding hydrogens is 311 g/mol. The zero-order valence-corrected chi connectivity index (χ0v) is 10.1. The molecule has 72 valence electrons. The number of rotatable bonds is 2. The van der Waals surface area contributed by atoms with E-state index in [-0.39, 0.29) is 20.7 Å². The first-order valence-corrected chi connectivity index (χ1v) is 7.20. The zero-order valence-electron chi connectivity index (χ0n) is 7.14. The lowest BCUT2D eigenvalue weighted by Crippen LogP contribution is -1.88. The molecule has 0 bridgehead atoms. The number of aromatic nitrogens is 3. The molecule has 4 nitrogen and oxygen atoms in total. The fourth-order valence-electron chi connectivity index (χ4n) is 0.910. The SMILES string of the molecule is C=Ic1ncc(-c2nc(N)cs2)cn1. The molecule has 2 heterocycles. The van der Waals surface area contributed by atoms with Gasteiger partial charge in [0.25, 0.3) is 0 Å². The van der Waals surface area contributed by atoms with Gasteiger partial charge in [-0.25, -0.2) is 15.0 Å². The molecule has 0 aliphatic rings. The minimum Gasteiger partial charge on any atom is -0.383 e. The van der Waals surface area contributed by atoms with Gasteiger partial charge >= 0.3 is 0 Å². The second-order valence-corrected chi connectivity index (χ2v) is 5.04. The Kier molecular flexibility index (Phi) is 2.82. The van der Waals surface area contributed by atoms with Crippen molar-refractivity contribution in [1.29, 1.82) is 0 Å². The lowest BCUT2D eigenvalue weighted by Gasteiger charge is -1.94. The number of hydrogen-bond acceptors (Lipinski definition) is 5. The smallest absolute Gasteiger partial charge is 0.184 e. The summed E-state index contributed by atoms with van der Waals surface area (Å²) in [5, 5.41) is 2.66. The van der Waals surface area contributed by atoms with Gasteiger partial charge in [-0.2, -0.15) is 0 Å². The van der Waals surface area contributed by atoms with Crippen molar-refractivity contribution >= 4 is 42.4 Å². The van der Waals surface area contributed by atoms with Crippen LogP contribution in [0.1, 0.15) is 0 Å². The van der Waals surface area contributed by atoms with Crippen LogP contribution in [0.2, 0.25) is 0 Å². The maximum atomic E-state index is 5.53. The number of hydrogen-bond donors (Lipinski definition) is 1. The van der Waals surface area contributed by atoms with Crippen LogP contribution in [0.3, 0.4) is 0 Å². The van der Waals surface area contributed by atoms with Crippen LogP contribution >= 0.6 is 32.1 Å². The van der Waals surface area contributed by atoms with E-state index in [1.807, 2.05) is 0 Å². The molecule has 14 heavy (non-hydrogen) atoms. The van der Waals surface area contributed by atoms with E-state index < -0.39 is 0 Å². The highest BCUT2D eigenvalue weighted by Crippen LogP contribution is 2.23. The molecule has 0 spiro atoms. The molecule has 0 unspecified atom stereocenters. The first-order valence-electron chi connectivity index (χ1n) is 3.71. The summed E-state index contributed by atoms with van der Waals surface area (Å²) in [5.41, 5.74) is 6.44. The van der Waals surface area contributed by atoms with E-state index >= 15 is 0 Å². The molecule has 0 aliphatic heterocycles. The summed E-state index contributed by atoms with van der Waals surface area (Å²) in [4.78, 5) is 12.5. The molecular formula is C8H7IN4S. The summed E-state index contributed by atoms with van der Waals surface area (Å²) >= 11 is 1.21. The quantitative estimate of drug-likeness (QED) is 0.677. The number of anilines is 1. The second-order valence-electron chi connectivity index (χ2n) is 2.45. The van der Waals surface area contributed by atoms with Gasteiger partial charge < -0.3 is 5.73 Å². The fraction of sp³-hybridized carbons (Fsp3) is 0. The van der Waals surface area contributed by atoms with Crippen molar-refractivity contribution in [2.75, 3.05) is 5.73 Å². The Morgan fingerprint density at radius 1 is 1.36 bits per heavy atom. The van der Waals surface area contributed by atoms with E-state index in [1.165, 1.54) is 11.3 Å². The predicted octanol–water partition coefficient (Wildman–Crippen LogP) is 1.75. The van der Waals surface area contributed by atoms with Gasteiger partial charge in [0.05, 0.1) is 0 Å². The maximum Gasteiger partial charge on any atom is 0.184 e. The van der Waals surface area contributed by atoms with E-state index in [0.717, 1.165) is 14.4 Å². The monoisotopic (exact) mass is 318 g/mol.